The van der Waals surface area contributed by atoms with Gasteiger partial charge in [-0.25, -0.2) is 4.79 Å². The molecule has 1 unspecified atom stereocenters. The Morgan fingerprint density at radius 1 is 1.14 bits per heavy atom. The van der Waals surface area contributed by atoms with E-state index in [9.17, 15) is 9.59 Å². The molecule has 3 amide bonds. The molecule has 0 saturated carbocycles. The summed E-state index contributed by atoms with van der Waals surface area (Å²) in [5.74, 6) is 1.25. The highest BCUT2D eigenvalue weighted by Gasteiger charge is 2.32. The Hall–Kier alpha value is -2.93. The molecule has 28 heavy (non-hydrogen) atoms. The average Bonchev–Trinajstić information content (AvgIpc) is 3.04. The van der Waals surface area contributed by atoms with Crippen LogP contribution < -0.4 is 25.0 Å². The van der Waals surface area contributed by atoms with Crippen molar-refractivity contribution in [3.05, 3.63) is 47.0 Å². The molecule has 146 valence electrons. The number of fused-ring (bicyclic) bond motifs is 1. The van der Waals surface area contributed by atoms with Crippen molar-refractivity contribution in [3.8, 4) is 11.5 Å². The first-order valence-electron chi connectivity index (χ1n) is 9.03. The van der Waals surface area contributed by atoms with Crippen molar-refractivity contribution in [1.29, 1.82) is 0 Å². The fraction of sp³-hybridized carbons (Fsp3) is 0.300. The smallest absolute Gasteiger partial charge is 0.319 e. The number of anilines is 2. The Labute approximate surface area is 167 Å². The second-order valence-electron chi connectivity index (χ2n) is 6.79. The number of carbonyl (C=O) groups is 2. The van der Waals surface area contributed by atoms with Crippen LogP contribution in [0.2, 0.25) is 5.02 Å². The summed E-state index contributed by atoms with van der Waals surface area (Å²) in [7, 11) is 0. The minimum Gasteiger partial charge on any atom is -0.486 e. The zero-order valence-electron chi connectivity index (χ0n) is 15.3. The van der Waals surface area contributed by atoms with Crippen molar-refractivity contribution in [2.24, 2.45) is 0 Å². The Morgan fingerprint density at radius 2 is 1.93 bits per heavy atom. The molecule has 4 rings (SSSR count). The van der Waals surface area contributed by atoms with Gasteiger partial charge >= 0.3 is 6.03 Å². The van der Waals surface area contributed by atoms with Crippen LogP contribution in [-0.2, 0) is 4.79 Å². The second-order valence-corrected chi connectivity index (χ2v) is 7.23. The lowest BCUT2D eigenvalue weighted by Gasteiger charge is -2.22. The maximum Gasteiger partial charge on any atom is 0.319 e. The monoisotopic (exact) mass is 401 g/mol. The molecular weight excluding hydrogens is 382 g/mol. The number of carbonyl (C=O) groups excluding carboxylic acids is 2. The molecule has 7 nitrogen and oxygen atoms in total. The number of aryl methyl sites for hydroxylation is 1. The van der Waals surface area contributed by atoms with Gasteiger partial charge in [0.1, 0.15) is 13.2 Å². The molecule has 1 saturated heterocycles. The third kappa shape index (κ3) is 3.84. The van der Waals surface area contributed by atoms with Gasteiger partial charge in [-0.05, 0) is 36.8 Å². The number of benzene rings is 2. The van der Waals surface area contributed by atoms with E-state index in [0.717, 1.165) is 11.3 Å². The fourth-order valence-corrected chi connectivity index (χ4v) is 3.50. The second kappa shape index (κ2) is 7.59. The van der Waals surface area contributed by atoms with E-state index in [1.807, 2.05) is 19.1 Å². The van der Waals surface area contributed by atoms with E-state index >= 15 is 0 Å². The average molecular weight is 402 g/mol. The molecule has 0 radical (unpaired) electrons. The molecule has 2 N–H and O–H groups in total. The Balaban J connectivity index is 1.40. The first kappa shape index (κ1) is 18.4. The van der Waals surface area contributed by atoms with Crippen molar-refractivity contribution >= 4 is 34.9 Å². The number of hydrogen-bond donors (Lipinski definition) is 2. The highest BCUT2D eigenvalue weighted by atomic mass is 35.5. The summed E-state index contributed by atoms with van der Waals surface area (Å²) in [6.07, 6.45) is 0.233. The molecule has 0 bridgehead atoms. The SMILES string of the molecule is Cc1ccc(Cl)cc1NC(=O)NC1CC(=O)N(c2ccc3c(c2)OCCO3)C1. The normalized spacial score (nSPS) is 18.1. The number of nitrogens with zero attached hydrogens (tertiary/aromatic N) is 1. The van der Waals surface area contributed by atoms with Gasteiger partial charge in [0.05, 0.1) is 6.04 Å². The van der Waals surface area contributed by atoms with Crippen molar-refractivity contribution in [3.63, 3.8) is 0 Å². The summed E-state index contributed by atoms with van der Waals surface area (Å²) in [5.41, 5.74) is 2.27. The van der Waals surface area contributed by atoms with E-state index in [2.05, 4.69) is 10.6 Å². The topological polar surface area (TPSA) is 79.9 Å². The molecular formula is C20H20ClN3O4. The van der Waals surface area contributed by atoms with E-state index in [0.29, 0.717) is 42.0 Å². The number of urea groups is 1. The molecule has 2 aromatic rings. The van der Waals surface area contributed by atoms with Crippen molar-refractivity contribution < 1.29 is 19.1 Å². The van der Waals surface area contributed by atoms with Gasteiger partial charge in [0.15, 0.2) is 11.5 Å². The summed E-state index contributed by atoms with van der Waals surface area (Å²) in [5, 5.41) is 6.19. The quantitative estimate of drug-likeness (QED) is 0.826. The molecule has 2 aliphatic rings. The molecule has 0 aliphatic carbocycles. The van der Waals surface area contributed by atoms with Gasteiger partial charge in [0, 0.05) is 35.4 Å². The lowest BCUT2D eigenvalue weighted by Crippen LogP contribution is -2.39. The molecule has 2 aliphatic heterocycles. The third-order valence-corrected chi connectivity index (χ3v) is 4.98. The molecule has 2 aromatic carbocycles. The number of nitrogens with one attached hydrogen (secondary N) is 2. The lowest BCUT2D eigenvalue weighted by molar-refractivity contribution is -0.117. The van der Waals surface area contributed by atoms with Crippen LogP contribution in [0.5, 0.6) is 11.5 Å². The van der Waals surface area contributed by atoms with Gasteiger partial charge in [-0.1, -0.05) is 17.7 Å². The number of rotatable bonds is 3. The first-order valence-corrected chi connectivity index (χ1v) is 9.41. The fourth-order valence-electron chi connectivity index (χ4n) is 3.33. The largest absolute Gasteiger partial charge is 0.486 e. The first-order chi connectivity index (χ1) is 13.5. The maximum atomic E-state index is 12.5. The van der Waals surface area contributed by atoms with Gasteiger partial charge in [0.2, 0.25) is 5.91 Å². The van der Waals surface area contributed by atoms with Crippen molar-refractivity contribution in [1.82, 2.24) is 5.32 Å². The van der Waals surface area contributed by atoms with Crippen LogP contribution in [-0.4, -0.2) is 37.7 Å². The number of hydrogen-bond acceptors (Lipinski definition) is 4. The van der Waals surface area contributed by atoms with Crippen LogP contribution >= 0.6 is 11.6 Å². The van der Waals surface area contributed by atoms with E-state index < -0.39 is 0 Å². The minimum atomic E-state index is -0.368. The molecule has 0 spiro atoms. The predicted octanol–water partition coefficient (Wildman–Crippen LogP) is 3.35. The zero-order valence-corrected chi connectivity index (χ0v) is 16.1. The summed E-state index contributed by atoms with van der Waals surface area (Å²) in [6, 6.07) is 10.0. The zero-order chi connectivity index (χ0) is 19.7. The summed E-state index contributed by atoms with van der Waals surface area (Å²) >= 11 is 5.98. The number of amides is 3. The van der Waals surface area contributed by atoms with E-state index in [4.69, 9.17) is 21.1 Å². The molecule has 8 heteroatoms. The standard InChI is InChI=1S/C20H20ClN3O4/c1-12-2-3-13(21)8-16(12)23-20(26)22-14-9-19(25)24(11-14)15-4-5-17-18(10-15)28-7-6-27-17/h2-5,8,10,14H,6-7,9,11H2,1H3,(H2,22,23,26). The molecule has 1 atom stereocenters. The van der Waals surface area contributed by atoms with Crippen LogP contribution in [0.15, 0.2) is 36.4 Å². The summed E-state index contributed by atoms with van der Waals surface area (Å²) in [4.78, 5) is 26.4. The number of halogens is 1. The van der Waals surface area contributed by atoms with Crippen LogP contribution in [0.25, 0.3) is 0 Å². The van der Waals surface area contributed by atoms with Gasteiger partial charge in [0.25, 0.3) is 0 Å². The van der Waals surface area contributed by atoms with E-state index in [1.54, 1.807) is 29.2 Å². The third-order valence-electron chi connectivity index (χ3n) is 4.75. The number of ether oxygens (including phenoxy) is 2. The van der Waals surface area contributed by atoms with Crippen LogP contribution in [0.4, 0.5) is 16.2 Å². The van der Waals surface area contributed by atoms with Gasteiger partial charge in [-0.2, -0.15) is 0 Å². The molecule has 2 heterocycles. The highest BCUT2D eigenvalue weighted by molar-refractivity contribution is 6.31. The summed E-state index contributed by atoms with van der Waals surface area (Å²) < 4.78 is 11.1. The predicted molar refractivity (Wildman–Crippen MR) is 107 cm³/mol. The van der Waals surface area contributed by atoms with Gasteiger partial charge in [-0.15, -0.1) is 0 Å². The van der Waals surface area contributed by atoms with Gasteiger partial charge < -0.3 is 25.0 Å². The maximum absolute atomic E-state index is 12.5. The molecule has 1 fully saturated rings. The lowest BCUT2D eigenvalue weighted by atomic mass is 10.2. The Kier molecular flexibility index (Phi) is 5.00. The Morgan fingerprint density at radius 3 is 2.75 bits per heavy atom. The minimum absolute atomic E-state index is 0.0547. The summed E-state index contributed by atoms with van der Waals surface area (Å²) in [6.45, 7) is 3.27. The highest BCUT2D eigenvalue weighted by Crippen LogP contribution is 2.35. The molecule has 0 aromatic heterocycles. The van der Waals surface area contributed by atoms with Crippen LogP contribution in [0.3, 0.4) is 0 Å². The van der Waals surface area contributed by atoms with E-state index in [-0.39, 0.29) is 24.4 Å². The van der Waals surface area contributed by atoms with Crippen LogP contribution in [0.1, 0.15) is 12.0 Å². The van der Waals surface area contributed by atoms with Crippen molar-refractivity contribution in [2.75, 3.05) is 30.0 Å². The Bertz CT molecular complexity index is 934. The van der Waals surface area contributed by atoms with E-state index in [1.165, 1.54) is 0 Å². The van der Waals surface area contributed by atoms with Gasteiger partial charge in [-0.3, -0.25) is 4.79 Å². The van der Waals surface area contributed by atoms with Crippen LogP contribution in [0, 0.1) is 6.92 Å². The van der Waals surface area contributed by atoms with Crippen molar-refractivity contribution in [2.45, 2.75) is 19.4 Å².